The Hall–Kier alpha value is -1.48. The number of thioether (sulfide) groups is 2. The van der Waals surface area contributed by atoms with Gasteiger partial charge in [-0.3, -0.25) is 4.79 Å². The van der Waals surface area contributed by atoms with Crippen molar-refractivity contribution in [3.05, 3.63) is 51.8 Å². The second-order valence-electron chi connectivity index (χ2n) is 5.41. The molecule has 1 amide bonds. The van der Waals surface area contributed by atoms with E-state index >= 15 is 0 Å². The summed E-state index contributed by atoms with van der Waals surface area (Å²) >= 11 is 14.7. The molecule has 1 unspecified atom stereocenters. The quantitative estimate of drug-likeness (QED) is 0.444. The van der Waals surface area contributed by atoms with Gasteiger partial charge in [0.15, 0.2) is 10.9 Å². The number of nitrogens with zero attached hydrogens (tertiary/aromatic N) is 2. The number of aromatic nitrogens is 2. The number of benzene rings is 1. The highest BCUT2D eigenvalue weighted by molar-refractivity contribution is 7.98. The van der Waals surface area contributed by atoms with Crippen LogP contribution in [0.3, 0.4) is 0 Å². The average molecular weight is 446 g/mol. The predicted molar refractivity (Wildman–Crippen MR) is 110 cm³/mol. The molecule has 1 aromatic heterocycles. The summed E-state index contributed by atoms with van der Waals surface area (Å²) in [7, 11) is 0. The second-order valence-corrected chi connectivity index (χ2v) is 8.18. The number of aliphatic carboxylic acids is 1. The summed E-state index contributed by atoms with van der Waals surface area (Å²) in [5.41, 5.74) is 0.984. The van der Waals surface area contributed by atoms with Gasteiger partial charge in [-0.15, -0.1) is 0 Å². The number of carbonyl (C=O) groups is 2. The first-order valence-electron chi connectivity index (χ1n) is 7.83. The summed E-state index contributed by atoms with van der Waals surface area (Å²) < 4.78 is 0. The fourth-order valence-electron chi connectivity index (χ4n) is 2.03. The SMILES string of the molecule is CSCCC(NC(=O)c1nc(SCc2ccc(Cl)cc2)ncc1Cl)C(=O)O. The number of rotatable bonds is 9. The van der Waals surface area contributed by atoms with Crippen LogP contribution < -0.4 is 5.32 Å². The number of hydrogen-bond donors (Lipinski definition) is 2. The molecule has 2 N–H and O–H groups in total. The Morgan fingerprint density at radius 3 is 2.59 bits per heavy atom. The molecule has 2 aromatic rings. The van der Waals surface area contributed by atoms with Crippen molar-refractivity contribution in [3.63, 3.8) is 0 Å². The van der Waals surface area contributed by atoms with Crippen LogP contribution in [0.25, 0.3) is 0 Å². The summed E-state index contributed by atoms with van der Waals surface area (Å²) in [6, 6.07) is 6.37. The molecule has 1 atom stereocenters. The van der Waals surface area contributed by atoms with Crippen LogP contribution in [0, 0.1) is 0 Å². The molecule has 0 radical (unpaired) electrons. The summed E-state index contributed by atoms with van der Waals surface area (Å²) in [4.78, 5) is 32.0. The third-order valence-corrected chi connectivity index (χ3v) is 5.54. The highest BCUT2D eigenvalue weighted by atomic mass is 35.5. The maximum absolute atomic E-state index is 12.4. The highest BCUT2D eigenvalue weighted by Crippen LogP contribution is 2.23. The molecule has 10 heteroatoms. The van der Waals surface area contributed by atoms with Crippen LogP contribution in [-0.2, 0) is 10.5 Å². The van der Waals surface area contributed by atoms with Gasteiger partial charge in [0, 0.05) is 10.8 Å². The Bertz CT molecular complexity index is 807. The largest absolute Gasteiger partial charge is 0.480 e. The van der Waals surface area contributed by atoms with Crippen molar-refractivity contribution < 1.29 is 14.7 Å². The third kappa shape index (κ3) is 6.88. The van der Waals surface area contributed by atoms with Crippen molar-refractivity contribution in [2.24, 2.45) is 0 Å². The van der Waals surface area contributed by atoms with Crippen molar-refractivity contribution in [1.29, 1.82) is 0 Å². The van der Waals surface area contributed by atoms with Gasteiger partial charge in [0.1, 0.15) is 6.04 Å². The van der Waals surface area contributed by atoms with Crippen LogP contribution in [0.5, 0.6) is 0 Å². The fraction of sp³-hybridized carbons (Fsp3) is 0.294. The lowest BCUT2D eigenvalue weighted by molar-refractivity contribution is -0.139. The summed E-state index contributed by atoms with van der Waals surface area (Å²) in [5, 5.41) is 12.8. The van der Waals surface area contributed by atoms with Crippen LogP contribution in [0.2, 0.25) is 10.0 Å². The topological polar surface area (TPSA) is 92.2 Å². The van der Waals surface area contributed by atoms with E-state index in [1.807, 2.05) is 18.4 Å². The van der Waals surface area contributed by atoms with Crippen molar-refractivity contribution in [2.45, 2.75) is 23.4 Å². The molecule has 1 heterocycles. The Labute approximate surface area is 175 Å². The molecule has 0 aliphatic heterocycles. The number of nitrogens with one attached hydrogen (secondary N) is 1. The summed E-state index contributed by atoms with van der Waals surface area (Å²) in [6.45, 7) is 0. The van der Waals surface area contributed by atoms with Crippen molar-refractivity contribution in [3.8, 4) is 0 Å². The van der Waals surface area contributed by atoms with Gasteiger partial charge in [0.2, 0.25) is 0 Å². The van der Waals surface area contributed by atoms with Gasteiger partial charge in [0.05, 0.1) is 11.2 Å². The van der Waals surface area contributed by atoms with E-state index in [0.717, 1.165) is 5.56 Å². The van der Waals surface area contributed by atoms with E-state index in [2.05, 4.69) is 15.3 Å². The first-order chi connectivity index (χ1) is 12.9. The van der Waals surface area contributed by atoms with Crippen LogP contribution >= 0.6 is 46.7 Å². The highest BCUT2D eigenvalue weighted by Gasteiger charge is 2.23. The number of carbonyl (C=O) groups excluding carboxylic acids is 1. The zero-order valence-corrected chi connectivity index (χ0v) is 17.5. The number of amides is 1. The normalized spacial score (nSPS) is 11.8. The molecule has 144 valence electrons. The fourth-order valence-corrected chi connectivity index (χ4v) is 3.57. The van der Waals surface area contributed by atoms with Crippen LogP contribution in [0.4, 0.5) is 0 Å². The number of carboxylic acids is 1. The Morgan fingerprint density at radius 1 is 1.26 bits per heavy atom. The molecular weight excluding hydrogens is 429 g/mol. The van der Waals surface area contributed by atoms with Gasteiger partial charge in [0.25, 0.3) is 5.91 Å². The minimum absolute atomic E-state index is 0.0410. The molecule has 0 saturated carbocycles. The van der Waals surface area contributed by atoms with Crippen molar-refractivity contribution in [1.82, 2.24) is 15.3 Å². The first kappa shape index (κ1) is 21.8. The minimum atomic E-state index is -1.10. The van der Waals surface area contributed by atoms with E-state index in [4.69, 9.17) is 23.2 Å². The Morgan fingerprint density at radius 2 is 1.96 bits per heavy atom. The van der Waals surface area contributed by atoms with E-state index in [9.17, 15) is 14.7 Å². The Balaban J connectivity index is 2.07. The van der Waals surface area contributed by atoms with Crippen LogP contribution in [0.15, 0.2) is 35.6 Å². The lowest BCUT2D eigenvalue weighted by Gasteiger charge is -2.14. The van der Waals surface area contributed by atoms with Gasteiger partial charge >= 0.3 is 5.97 Å². The van der Waals surface area contributed by atoms with Gasteiger partial charge in [-0.05, 0) is 36.1 Å². The Kier molecular flexibility index (Phi) is 8.69. The van der Waals surface area contributed by atoms with E-state index in [1.54, 1.807) is 12.1 Å². The number of carboxylic acid groups (broad SMARTS) is 1. The predicted octanol–water partition coefficient (Wildman–Crippen LogP) is 4.01. The third-order valence-electron chi connectivity index (χ3n) is 3.43. The van der Waals surface area contributed by atoms with E-state index < -0.39 is 17.9 Å². The van der Waals surface area contributed by atoms with Crippen molar-refractivity contribution in [2.75, 3.05) is 12.0 Å². The molecule has 0 aliphatic rings. The van der Waals surface area contributed by atoms with Gasteiger partial charge in [-0.1, -0.05) is 47.1 Å². The smallest absolute Gasteiger partial charge is 0.326 e. The lowest BCUT2D eigenvalue weighted by Crippen LogP contribution is -2.41. The maximum atomic E-state index is 12.4. The lowest BCUT2D eigenvalue weighted by atomic mass is 10.2. The molecule has 0 bridgehead atoms. The van der Waals surface area contributed by atoms with E-state index in [-0.39, 0.29) is 10.7 Å². The maximum Gasteiger partial charge on any atom is 0.326 e. The minimum Gasteiger partial charge on any atom is -0.480 e. The van der Waals surface area contributed by atoms with E-state index in [0.29, 0.717) is 28.1 Å². The zero-order chi connectivity index (χ0) is 19.8. The molecule has 0 aliphatic carbocycles. The van der Waals surface area contributed by atoms with Gasteiger partial charge in [-0.25, -0.2) is 14.8 Å². The number of halogens is 2. The zero-order valence-electron chi connectivity index (χ0n) is 14.3. The van der Waals surface area contributed by atoms with Crippen LogP contribution in [0.1, 0.15) is 22.5 Å². The standard InChI is InChI=1S/C17H17Cl2N3O3S2/c1-26-7-6-13(16(24)25)21-15(23)14-12(19)8-20-17(22-14)27-9-10-2-4-11(18)5-3-10/h2-5,8,13H,6-7,9H2,1H3,(H,21,23)(H,24,25). The van der Waals surface area contributed by atoms with E-state index in [1.165, 1.54) is 29.7 Å². The monoisotopic (exact) mass is 445 g/mol. The molecule has 27 heavy (non-hydrogen) atoms. The molecule has 6 nitrogen and oxygen atoms in total. The van der Waals surface area contributed by atoms with Gasteiger partial charge < -0.3 is 10.4 Å². The van der Waals surface area contributed by atoms with Crippen molar-refractivity contribution >= 4 is 58.6 Å². The molecular formula is C17H17Cl2N3O3S2. The second kappa shape index (κ2) is 10.8. The first-order valence-corrected chi connectivity index (χ1v) is 11.0. The molecule has 0 fully saturated rings. The molecule has 0 spiro atoms. The number of hydrogen-bond acceptors (Lipinski definition) is 6. The molecule has 2 rings (SSSR count). The average Bonchev–Trinajstić information content (AvgIpc) is 2.65. The molecule has 0 saturated heterocycles. The van der Waals surface area contributed by atoms with Gasteiger partial charge in [-0.2, -0.15) is 11.8 Å². The van der Waals surface area contributed by atoms with Crippen LogP contribution in [-0.4, -0.2) is 45.0 Å². The summed E-state index contributed by atoms with van der Waals surface area (Å²) in [6.07, 6.45) is 3.51. The summed E-state index contributed by atoms with van der Waals surface area (Å²) in [5.74, 6) is -0.536. The molecule has 1 aromatic carbocycles.